The average molecular weight is 293 g/mol. The van der Waals surface area contributed by atoms with E-state index in [0.717, 1.165) is 33.2 Å². The quantitative estimate of drug-likeness (QED) is 0.755. The summed E-state index contributed by atoms with van der Waals surface area (Å²) in [6.07, 6.45) is 1.90. The van der Waals surface area contributed by atoms with Crippen molar-refractivity contribution in [3.8, 4) is 0 Å². The fourth-order valence-electron chi connectivity index (χ4n) is 2.24. The van der Waals surface area contributed by atoms with Gasteiger partial charge in [-0.1, -0.05) is 0 Å². The summed E-state index contributed by atoms with van der Waals surface area (Å²) < 4.78 is 4.79. The first-order valence-electron chi connectivity index (χ1n) is 6.17. The van der Waals surface area contributed by atoms with Crippen molar-refractivity contribution in [2.45, 2.75) is 33.9 Å². The number of aryl methyl sites for hydroxylation is 3. The molecule has 0 unspecified atom stereocenters. The number of nitrogens with zero attached hydrogens (tertiary/aromatic N) is 4. The number of aromatic nitrogens is 5. The summed E-state index contributed by atoms with van der Waals surface area (Å²) in [6, 6.07) is 0. The molecule has 0 amide bonds. The molecule has 1 N–H and O–H groups in total. The summed E-state index contributed by atoms with van der Waals surface area (Å²) in [5, 5.41) is 5.58. The van der Waals surface area contributed by atoms with Crippen LogP contribution in [0.3, 0.4) is 0 Å². The lowest BCUT2D eigenvalue weighted by molar-refractivity contribution is 0.643. The average Bonchev–Trinajstić information content (AvgIpc) is 3.00. The zero-order valence-corrected chi connectivity index (χ0v) is 12.7. The van der Waals surface area contributed by atoms with Crippen molar-refractivity contribution in [1.82, 2.24) is 24.3 Å². The Morgan fingerprint density at radius 3 is 2.84 bits per heavy atom. The third kappa shape index (κ3) is 2.02. The number of fused-ring (bicyclic) bond motifs is 1. The van der Waals surface area contributed by atoms with Gasteiger partial charge in [-0.3, -0.25) is 4.57 Å². The third-order valence-corrected chi connectivity index (χ3v) is 4.32. The molecule has 0 bridgehead atoms. The van der Waals surface area contributed by atoms with Crippen molar-refractivity contribution in [3.05, 3.63) is 26.5 Å². The Bertz CT molecular complexity index is 789. The van der Waals surface area contributed by atoms with Gasteiger partial charge < -0.3 is 4.98 Å². The lowest BCUT2D eigenvalue weighted by Crippen LogP contribution is -2.06. The van der Waals surface area contributed by atoms with Gasteiger partial charge in [0.05, 0.1) is 12.2 Å². The van der Waals surface area contributed by atoms with Crippen LogP contribution in [0.25, 0.3) is 11.2 Å². The third-order valence-electron chi connectivity index (χ3n) is 3.10. The van der Waals surface area contributed by atoms with Crippen LogP contribution < -0.4 is 0 Å². The molecule has 0 atom stereocenters. The van der Waals surface area contributed by atoms with Gasteiger partial charge in [0.1, 0.15) is 10.5 Å². The summed E-state index contributed by atoms with van der Waals surface area (Å²) in [5.74, 6) is 0. The highest BCUT2D eigenvalue weighted by molar-refractivity contribution is 7.71. The number of nitrogens with one attached hydrogen (secondary N) is 1. The molecule has 5 nitrogen and oxygen atoms in total. The molecular weight excluding hydrogens is 278 g/mol. The van der Waals surface area contributed by atoms with Crippen LogP contribution in [-0.4, -0.2) is 24.3 Å². The van der Waals surface area contributed by atoms with E-state index in [2.05, 4.69) is 33.5 Å². The minimum Gasteiger partial charge on any atom is -0.328 e. The molecule has 7 heteroatoms. The maximum absolute atomic E-state index is 5.42. The fraction of sp³-hybridized carbons (Fsp3) is 0.417. The molecule has 0 aromatic carbocycles. The number of aromatic amines is 1. The van der Waals surface area contributed by atoms with E-state index >= 15 is 0 Å². The molecule has 0 aliphatic carbocycles. The molecule has 3 aromatic rings. The Hall–Kier alpha value is -1.47. The molecule has 100 valence electrons. The largest absolute Gasteiger partial charge is 0.328 e. The molecule has 0 saturated heterocycles. The summed E-state index contributed by atoms with van der Waals surface area (Å²) >= 11 is 7.12. The van der Waals surface area contributed by atoms with Gasteiger partial charge in [0.25, 0.3) is 0 Å². The Morgan fingerprint density at radius 2 is 2.21 bits per heavy atom. The summed E-state index contributed by atoms with van der Waals surface area (Å²) in [4.78, 5) is 8.87. The van der Waals surface area contributed by atoms with Crippen molar-refractivity contribution >= 4 is 34.7 Å². The molecule has 3 heterocycles. The Morgan fingerprint density at radius 1 is 1.42 bits per heavy atom. The zero-order valence-electron chi connectivity index (χ0n) is 11.1. The predicted molar refractivity (Wildman–Crippen MR) is 79.3 cm³/mol. The van der Waals surface area contributed by atoms with Crippen molar-refractivity contribution in [2.75, 3.05) is 0 Å². The first kappa shape index (κ1) is 12.6. The van der Waals surface area contributed by atoms with Crippen LogP contribution in [-0.2, 0) is 13.1 Å². The van der Waals surface area contributed by atoms with Gasteiger partial charge in [-0.15, -0.1) is 11.3 Å². The van der Waals surface area contributed by atoms with E-state index in [1.807, 2.05) is 17.8 Å². The second-order valence-corrected chi connectivity index (χ2v) is 6.19. The number of imidazole rings is 1. The minimum atomic E-state index is 0.697. The van der Waals surface area contributed by atoms with E-state index in [1.54, 1.807) is 11.3 Å². The van der Waals surface area contributed by atoms with Crippen molar-refractivity contribution < 1.29 is 0 Å². The van der Waals surface area contributed by atoms with Gasteiger partial charge in [-0.05, 0) is 33.0 Å². The fourth-order valence-corrected chi connectivity index (χ4v) is 3.27. The number of thiazole rings is 1. The van der Waals surface area contributed by atoms with Crippen LogP contribution in [0.2, 0.25) is 0 Å². The molecule has 0 spiro atoms. The SMILES string of the molecule is CCn1nc(C)c2[nH]c(=S)n(Cc3ncc(C)s3)c21. The summed E-state index contributed by atoms with van der Waals surface area (Å²) in [7, 11) is 0. The zero-order chi connectivity index (χ0) is 13.6. The molecule has 19 heavy (non-hydrogen) atoms. The van der Waals surface area contributed by atoms with Crippen LogP contribution in [0.4, 0.5) is 0 Å². The summed E-state index contributed by atoms with van der Waals surface area (Å²) in [6.45, 7) is 7.67. The van der Waals surface area contributed by atoms with Crippen LogP contribution in [0.5, 0.6) is 0 Å². The van der Waals surface area contributed by atoms with Crippen LogP contribution in [0, 0.1) is 18.6 Å². The lowest BCUT2D eigenvalue weighted by Gasteiger charge is -2.03. The monoisotopic (exact) mass is 293 g/mol. The minimum absolute atomic E-state index is 0.697. The maximum Gasteiger partial charge on any atom is 0.179 e. The molecule has 0 fully saturated rings. The van der Waals surface area contributed by atoms with Crippen LogP contribution >= 0.6 is 23.6 Å². The molecule has 0 radical (unpaired) electrons. The number of rotatable bonds is 3. The van der Waals surface area contributed by atoms with E-state index in [1.165, 1.54) is 4.88 Å². The van der Waals surface area contributed by atoms with Crippen LogP contribution in [0.15, 0.2) is 6.20 Å². The molecule has 0 aliphatic heterocycles. The second-order valence-electron chi connectivity index (χ2n) is 4.48. The highest BCUT2D eigenvalue weighted by atomic mass is 32.1. The van der Waals surface area contributed by atoms with Crippen molar-refractivity contribution in [3.63, 3.8) is 0 Å². The van der Waals surface area contributed by atoms with Gasteiger partial charge in [0.2, 0.25) is 0 Å². The predicted octanol–water partition coefficient (Wildman–Crippen LogP) is 3.04. The van der Waals surface area contributed by atoms with Crippen molar-refractivity contribution in [1.29, 1.82) is 0 Å². The first-order valence-corrected chi connectivity index (χ1v) is 7.40. The van der Waals surface area contributed by atoms with Crippen LogP contribution in [0.1, 0.15) is 22.5 Å². The first-order chi connectivity index (χ1) is 9.10. The highest BCUT2D eigenvalue weighted by Crippen LogP contribution is 2.20. The Labute approximate surface area is 119 Å². The van der Waals surface area contributed by atoms with E-state index in [4.69, 9.17) is 12.2 Å². The molecule has 3 rings (SSSR count). The summed E-state index contributed by atoms with van der Waals surface area (Å²) in [5.41, 5.74) is 3.06. The topological polar surface area (TPSA) is 51.4 Å². The molecule has 0 saturated carbocycles. The van der Waals surface area contributed by atoms with E-state index in [0.29, 0.717) is 6.54 Å². The highest BCUT2D eigenvalue weighted by Gasteiger charge is 2.14. The van der Waals surface area contributed by atoms with E-state index < -0.39 is 0 Å². The van der Waals surface area contributed by atoms with Gasteiger partial charge >= 0.3 is 0 Å². The molecule has 3 aromatic heterocycles. The van der Waals surface area contributed by atoms with Crippen molar-refractivity contribution in [2.24, 2.45) is 0 Å². The number of H-pyrrole nitrogens is 1. The van der Waals surface area contributed by atoms with Gasteiger partial charge in [0, 0.05) is 17.6 Å². The number of hydrogen-bond acceptors (Lipinski definition) is 4. The molecule has 0 aliphatic rings. The van der Waals surface area contributed by atoms with E-state index in [-0.39, 0.29) is 0 Å². The number of hydrogen-bond donors (Lipinski definition) is 1. The van der Waals surface area contributed by atoms with E-state index in [9.17, 15) is 0 Å². The maximum atomic E-state index is 5.42. The smallest absolute Gasteiger partial charge is 0.179 e. The lowest BCUT2D eigenvalue weighted by atomic mass is 10.4. The Kier molecular flexibility index (Phi) is 3.02. The second kappa shape index (κ2) is 4.57. The standard InChI is InChI=1S/C12H15N5S2/c1-4-17-11-10(8(3)15-17)14-12(18)16(11)6-9-13-5-7(2)19-9/h5H,4,6H2,1-3H3,(H,14,18). The van der Waals surface area contributed by atoms with Gasteiger partial charge in [-0.2, -0.15) is 5.10 Å². The normalized spacial score (nSPS) is 11.5. The van der Waals surface area contributed by atoms with Gasteiger partial charge in [0.15, 0.2) is 10.4 Å². The Balaban J connectivity index is 2.17. The molecular formula is C12H15N5S2. The van der Waals surface area contributed by atoms with Gasteiger partial charge in [-0.25, -0.2) is 9.67 Å².